The molecule has 0 unspecified atom stereocenters. The molecule has 6 nitrogen and oxygen atoms in total. The Bertz CT molecular complexity index is 1080. The molecule has 1 saturated heterocycles. The van der Waals surface area contributed by atoms with Crippen LogP contribution >= 0.6 is 22.7 Å². The number of anilines is 1. The van der Waals surface area contributed by atoms with Gasteiger partial charge in [0.05, 0.1) is 15.5 Å². The molecule has 1 N–H and O–H groups in total. The standard InChI is InChI=1S/C18H16FN3O3S3/c19-12-5-7-13(8-6-12)28(24,25)22-9-1-3-15(22)17(23)21-18-20-14(11-27-18)16-4-2-10-26-16/h2,4-8,10-11,15H,1,3,9H2,(H,20,21,23)/t15-/m1/s1. The SMILES string of the molecule is O=C(Nc1nc(-c2cccs2)cs1)[C@H]1CCCN1S(=O)(=O)c1ccc(F)cc1. The number of benzene rings is 1. The number of amides is 1. The molecule has 0 aliphatic carbocycles. The van der Waals surface area contributed by atoms with E-state index in [1.165, 1.54) is 27.8 Å². The molecule has 28 heavy (non-hydrogen) atoms. The minimum Gasteiger partial charge on any atom is -0.301 e. The van der Waals surface area contributed by atoms with Crippen LogP contribution in [0.4, 0.5) is 9.52 Å². The Morgan fingerprint density at radius 2 is 2.00 bits per heavy atom. The van der Waals surface area contributed by atoms with Crippen LogP contribution in [0, 0.1) is 5.82 Å². The summed E-state index contributed by atoms with van der Waals surface area (Å²) in [5.41, 5.74) is 0.775. The monoisotopic (exact) mass is 437 g/mol. The molecule has 0 spiro atoms. The lowest BCUT2D eigenvalue weighted by Crippen LogP contribution is -2.43. The van der Waals surface area contributed by atoms with Crippen molar-refractivity contribution in [3.63, 3.8) is 0 Å². The van der Waals surface area contributed by atoms with E-state index in [9.17, 15) is 17.6 Å². The quantitative estimate of drug-likeness (QED) is 0.658. The van der Waals surface area contributed by atoms with Crippen molar-refractivity contribution in [2.24, 2.45) is 0 Å². The summed E-state index contributed by atoms with van der Waals surface area (Å²) in [4.78, 5) is 18.1. The molecule has 1 aliphatic rings. The van der Waals surface area contributed by atoms with Crippen molar-refractivity contribution in [3.05, 3.63) is 53.0 Å². The van der Waals surface area contributed by atoms with Gasteiger partial charge in [-0.05, 0) is 48.6 Å². The zero-order valence-electron chi connectivity index (χ0n) is 14.5. The number of nitrogens with one attached hydrogen (secondary N) is 1. The maximum absolute atomic E-state index is 13.1. The van der Waals surface area contributed by atoms with Gasteiger partial charge in [-0.3, -0.25) is 4.79 Å². The van der Waals surface area contributed by atoms with Crippen LogP contribution in [0.2, 0.25) is 0 Å². The summed E-state index contributed by atoms with van der Waals surface area (Å²) in [6.45, 7) is 0.246. The molecule has 3 heterocycles. The Morgan fingerprint density at radius 3 is 2.71 bits per heavy atom. The molecule has 0 saturated carbocycles. The van der Waals surface area contributed by atoms with Gasteiger partial charge in [0.25, 0.3) is 0 Å². The lowest BCUT2D eigenvalue weighted by atomic mass is 10.2. The van der Waals surface area contributed by atoms with E-state index in [0.717, 1.165) is 22.7 Å². The Kier molecular flexibility index (Phi) is 5.28. The third-order valence-corrected chi connectivity index (χ3v) is 8.01. The van der Waals surface area contributed by atoms with Crippen LogP contribution in [0.5, 0.6) is 0 Å². The molecule has 1 aromatic carbocycles. The third-order valence-electron chi connectivity index (χ3n) is 4.43. The number of rotatable bonds is 5. The van der Waals surface area contributed by atoms with Crippen molar-refractivity contribution in [1.29, 1.82) is 0 Å². The fourth-order valence-corrected chi connectivity index (χ4v) is 6.22. The zero-order chi connectivity index (χ0) is 19.7. The van der Waals surface area contributed by atoms with Gasteiger partial charge in [-0.1, -0.05) is 6.07 Å². The Labute approximate surface area is 169 Å². The number of carbonyl (C=O) groups excluding carboxylic acids is 1. The number of thiophene rings is 1. The van der Waals surface area contributed by atoms with E-state index in [2.05, 4.69) is 10.3 Å². The molecule has 10 heteroatoms. The fraction of sp³-hybridized carbons (Fsp3) is 0.222. The second-order valence-electron chi connectivity index (χ2n) is 6.23. The highest BCUT2D eigenvalue weighted by molar-refractivity contribution is 7.89. The number of hydrogen-bond donors (Lipinski definition) is 1. The zero-order valence-corrected chi connectivity index (χ0v) is 17.0. The van der Waals surface area contributed by atoms with Crippen molar-refractivity contribution in [1.82, 2.24) is 9.29 Å². The molecule has 4 rings (SSSR count). The molecule has 146 valence electrons. The minimum absolute atomic E-state index is 0.0252. The normalized spacial score (nSPS) is 17.7. The predicted molar refractivity (Wildman–Crippen MR) is 107 cm³/mol. The summed E-state index contributed by atoms with van der Waals surface area (Å²) in [5, 5.41) is 6.96. The Morgan fingerprint density at radius 1 is 1.21 bits per heavy atom. The van der Waals surface area contributed by atoms with E-state index in [1.807, 2.05) is 22.9 Å². The molecule has 3 aromatic rings. The first-order valence-corrected chi connectivity index (χ1v) is 11.7. The first-order chi connectivity index (χ1) is 13.4. The van der Waals surface area contributed by atoms with E-state index < -0.39 is 27.8 Å². The lowest BCUT2D eigenvalue weighted by molar-refractivity contribution is -0.119. The number of hydrogen-bond acceptors (Lipinski definition) is 6. The van der Waals surface area contributed by atoms with Crippen molar-refractivity contribution in [2.75, 3.05) is 11.9 Å². The van der Waals surface area contributed by atoms with E-state index >= 15 is 0 Å². The Hall–Kier alpha value is -2.14. The summed E-state index contributed by atoms with van der Waals surface area (Å²) >= 11 is 2.85. The van der Waals surface area contributed by atoms with Crippen LogP contribution in [-0.2, 0) is 14.8 Å². The smallest absolute Gasteiger partial charge is 0.244 e. The van der Waals surface area contributed by atoms with Crippen LogP contribution < -0.4 is 5.32 Å². The summed E-state index contributed by atoms with van der Waals surface area (Å²) in [6.07, 6.45) is 1.01. The minimum atomic E-state index is -3.88. The van der Waals surface area contributed by atoms with Gasteiger partial charge in [-0.25, -0.2) is 17.8 Å². The van der Waals surface area contributed by atoms with E-state index in [0.29, 0.717) is 18.0 Å². The summed E-state index contributed by atoms with van der Waals surface area (Å²) < 4.78 is 40.1. The number of nitrogens with zero attached hydrogens (tertiary/aromatic N) is 2. The predicted octanol–water partition coefficient (Wildman–Crippen LogP) is 3.80. The summed E-state index contributed by atoms with van der Waals surface area (Å²) in [7, 11) is -3.88. The van der Waals surface area contributed by atoms with Crippen LogP contribution in [-0.4, -0.2) is 36.2 Å². The molecule has 0 radical (unpaired) electrons. The van der Waals surface area contributed by atoms with Crippen molar-refractivity contribution in [2.45, 2.75) is 23.8 Å². The maximum atomic E-state index is 13.1. The highest BCUT2D eigenvalue weighted by Gasteiger charge is 2.39. The number of sulfonamides is 1. The largest absolute Gasteiger partial charge is 0.301 e. The first kappa shape index (κ1) is 19.2. The average molecular weight is 438 g/mol. The number of carbonyl (C=O) groups is 1. The van der Waals surface area contributed by atoms with Crippen LogP contribution in [0.3, 0.4) is 0 Å². The van der Waals surface area contributed by atoms with Crippen LogP contribution in [0.15, 0.2) is 52.1 Å². The van der Waals surface area contributed by atoms with Gasteiger partial charge < -0.3 is 5.32 Å². The van der Waals surface area contributed by atoms with Gasteiger partial charge in [0, 0.05) is 11.9 Å². The summed E-state index contributed by atoms with van der Waals surface area (Å²) in [5.74, 6) is -0.921. The highest BCUT2D eigenvalue weighted by atomic mass is 32.2. The second kappa shape index (κ2) is 7.70. The van der Waals surface area contributed by atoms with Crippen molar-refractivity contribution >= 4 is 43.7 Å². The molecule has 1 amide bonds. The molecule has 1 aliphatic heterocycles. The fourth-order valence-electron chi connectivity index (χ4n) is 3.09. The van der Waals surface area contributed by atoms with Crippen LogP contribution in [0.1, 0.15) is 12.8 Å². The van der Waals surface area contributed by atoms with E-state index in [1.54, 1.807) is 11.3 Å². The van der Waals surface area contributed by atoms with Crippen LogP contribution in [0.25, 0.3) is 10.6 Å². The lowest BCUT2D eigenvalue weighted by Gasteiger charge is -2.23. The van der Waals surface area contributed by atoms with Crippen molar-refractivity contribution in [3.8, 4) is 10.6 Å². The average Bonchev–Trinajstić information content (AvgIpc) is 3.42. The molecular weight excluding hydrogens is 421 g/mol. The highest BCUT2D eigenvalue weighted by Crippen LogP contribution is 2.30. The molecule has 1 fully saturated rings. The van der Waals surface area contributed by atoms with Crippen molar-refractivity contribution < 1.29 is 17.6 Å². The molecule has 0 bridgehead atoms. The third kappa shape index (κ3) is 3.72. The van der Waals surface area contributed by atoms with E-state index in [4.69, 9.17) is 0 Å². The number of thiazole rings is 1. The summed E-state index contributed by atoms with van der Waals surface area (Å²) in [6, 6.07) is 7.68. The van der Waals surface area contributed by atoms with Gasteiger partial charge in [0.2, 0.25) is 15.9 Å². The van der Waals surface area contributed by atoms with E-state index in [-0.39, 0.29) is 11.4 Å². The van der Waals surface area contributed by atoms with Gasteiger partial charge in [0.1, 0.15) is 11.9 Å². The topological polar surface area (TPSA) is 79.4 Å². The molecule has 2 aromatic heterocycles. The first-order valence-electron chi connectivity index (χ1n) is 8.53. The number of halogens is 1. The second-order valence-corrected chi connectivity index (χ2v) is 9.93. The Balaban J connectivity index is 1.51. The number of aromatic nitrogens is 1. The van der Waals surface area contributed by atoms with Gasteiger partial charge in [0.15, 0.2) is 5.13 Å². The maximum Gasteiger partial charge on any atom is 0.244 e. The van der Waals surface area contributed by atoms with Gasteiger partial charge in [-0.15, -0.1) is 22.7 Å². The molecular formula is C18H16FN3O3S3. The van der Waals surface area contributed by atoms with Gasteiger partial charge in [-0.2, -0.15) is 4.31 Å². The molecule has 1 atom stereocenters. The van der Waals surface area contributed by atoms with Gasteiger partial charge >= 0.3 is 0 Å².